The molecule has 0 spiro atoms. The van der Waals surface area contributed by atoms with Crippen molar-refractivity contribution in [2.24, 2.45) is 0 Å². The van der Waals surface area contributed by atoms with Crippen LogP contribution in [0.2, 0.25) is 0 Å². The predicted octanol–water partition coefficient (Wildman–Crippen LogP) is 2.51. The molecule has 1 aromatic carbocycles. The second-order valence-electron chi connectivity index (χ2n) is 4.92. The van der Waals surface area contributed by atoms with Crippen molar-refractivity contribution >= 4 is 21.8 Å². The van der Waals surface area contributed by atoms with Crippen LogP contribution in [0.25, 0.3) is 0 Å². The van der Waals surface area contributed by atoms with Crippen LogP contribution in [0.15, 0.2) is 22.7 Å². The quantitative estimate of drug-likeness (QED) is 0.798. The van der Waals surface area contributed by atoms with E-state index >= 15 is 0 Å². The molecule has 2 heterocycles. The zero-order valence-corrected chi connectivity index (χ0v) is 11.8. The van der Waals surface area contributed by atoms with Gasteiger partial charge in [0, 0.05) is 24.2 Å². The van der Waals surface area contributed by atoms with E-state index in [0.717, 1.165) is 36.9 Å². The van der Waals surface area contributed by atoms with E-state index in [1.54, 1.807) is 0 Å². The van der Waals surface area contributed by atoms with Gasteiger partial charge in [0.15, 0.2) is 0 Å². The van der Waals surface area contributed by atoms with Gasteiger partial charge < -0.3 is 9.64 Å². The lowest BCUT2D eigenvalue weighted by Gasteiger charge is -2.30. The number of benzene rings is 1. The van der Waals surface area contributed by atoms with E-state index < -0.39 is 0 Å². The van der Waals surface area contributed by atoms with Gasteiger partial charge in [-0.2, -0.15) is 0 Å². The maximum Gasteiger partial charge on any atom is 0.252 e. The van der Waals surface area contributed by atoms with Crippen molar-refractivity contribution in [3.05, 3.63) is 33.8 Å². The van der Waals surface area contributed by atoms with Crippen LogP contribution >= 0.6 is 15.9 Å². The highest BCUT2D eigenvalue weighted by atomic mass is 79.9. The smallest absolute Gasteiger partial charge is 0.252 e. The van der Waals surface area contributed by atoms with Crippen molar-refractivity contribution in [1.82, 2.24) is 4.90 Å². The predicted molar refractivity (Wildman–Crippen MR) is 72.2 cm³/mol. The summed E-state index contributed by atoms with van der Waals surface area (Å²) in [4.78, 5) is 14.2. The first kappa shape index (κ1) is 12.2. The lowest BCUT2D eigenvalue weighted by atomic mass is 9.99. The third-order valence-electron chi connectivity index (χ3n) is 3.70. The van der Waals surface area contributed by atoms with Gasteiger partial charge in [-0.1, -0.05) is 22.0 Å². The Balaban J connectivity index is 1.75. The summed E-state index contributed by atoms with van der Waals surface area (Å²) in [6.45, 7) is 2.26. The van der Waals surface area contributed by atoms with Crippen LogP contribution in [-0.2, 0) is 22.5 Å². The van der Waals surface area contributed by atoms with Crippen molar-refractivity contribution in [1.29, 1.82) is 0 Å². The van der Waals surface area contributed by atoms with Crippen molar-refractivity contribution in [2.75, 3.05) is 13.2 Å². The molecule has 1 aromatic rings. The van der Waals surface area contributed by atoms with Crippen molar-refractivity contribution < 1.29 is 9.53 Å². The van der Waals surface area contributed by atoms with Crippen LogP contribution in [0.3, 0.4) is 0 Å². The molecule has 0 bridgehead atoms. The number of fused-ring (bicyclic) bond motifs is 1. The molecule has 0 saturated carbocycles. The highest BCUT2D eigenvalue weighted by Gasteiger charge is 2.30. The average molecular weight is 310 g/mol. The normalized spacial score (nSPS) is 22.9. The lowest BCUT2D eigenvalue weighted by Crippen LogP contribution is -2.41. The standard InChI is InChI=1S/C14H16BrNO2/c15-12-4-3-10-5-6-16(9-11(10)8-12)14(17)13-2-1-7-18-13/h3-4,8,13H,1-2,5-7,9H2/t13-/m0/s1. The number of halogens is 1. The maximum atomic E-state index is 12.3. The summed E-state index contributed by atoms with van der Waals surface area (Å²) in [6, 6.07) is 6.33. The Morgan fingerprint density at radius 1 is 1.39 bits per heavy atom. The molecular weight excluding hydrogens is 294 g/mol. The second-order valence-corrected chi connectivity index (χ2v) is 5.84. The Bertz CT molecular complexity index is 469. The molecule has 0 radical (unpaired) electrons. The number of carbonyl (C=O) groups is 1. The number of hydrogen-bond acceptors (Lipinski definition) is 2. The van der Waals surface area contributed by atoms with Crippen LogP contribution in [0.4, 0.5) is 0 Å². The van der Waals surface area contributed by atoms with Gasteiger partial charge in [0.25, 0.3) is 5.91 Å². The fourth-order valence-corrected chi connectivity index (χ4v) is 3.10. The summed E-state index contributed by atoms with van der Waals surface area (Å²) in [6.07, 6.45) is 2.63. The number of carbonyl (C=O) groups excluding carboxylic acids is 1. The minimum absolute atomic E-state index is 0.165. The Morgan fingerprint density at radius 2 is 2.28 bits per heavy atom. The Kier molecular flexibility index (Phi) is 3.39. The van der Waals surface area contributed by atoms with Gasteiger partial charge in [-0.15, -0.1) is 0 Å². The molecule has 0 unspecified atom stereocenters. The first-order valence-corrected chi connectivity index (χ1v) is 7.21. The minimum Gasteiger partial charge on any atom is -0.368 e. The molecule has 3 rings (SSSR count). The summed E-state index contributed by atoms with van der Waals surface area (Å²) in [5.74, 6) is 0.165. The van der Waals surface area contributed by atoms with Gasteiger partial charge in [0.05, 0.1) is 0 Å². The van der Waals surface area contributed by atoms with Crippen LogP contribution < -0.4 is 0 Å². The van der Waals surface area contributed by atoms with E-state index in [2.05, 4.69) is 34.1 Å². The highest BCUT2D eigenvalue weighted by Crippen LogP contribution is 2.24. The zero-order chi connectivity index (χ0) is 12.5. The molecule has 1 fully saturated rings. The molecule has 96 valence electrons. The topological polar surface area (TPSA) is 29.5 Å². The summed E-state index contributed by atoms with van der Waals surface area (Å²) in [7, 11) is 0. The van der Waals surface area contributed by atoms with E-state index in [4.69, 9.17) is 4.74 Å². The van der Waals surface area contributed by atoms with E-state index in [0.29, 0.717) is 6.54 Å². The molecule has 4 heteroatoms. The van der Waals surface area contributed by atoms with Gasteiger partial charge in [-0.3, -0.25) is 4.79 Å². The largest absolute Gasteiger partial charge is 0.368 e. The van der Waals surface area contributed by atoms with Crippen LogP contribution in [0, 0.1) is 0 Å². The second kappa shape index (κ2) is 5.02. The fourth-order valence-electron chi connectivity index (χ4n) is 2.69. The fraction of sp³-hybridized carbons (Fsp3) is 0.500. The molecule has 2 aliphatic rings. The summed E-state index contributed by atoms with van der Waals surface area (Å²) in [5, 5.41) is 0. The SMILES string of the molecule is O=C([C@@H]1CCCO1)N1CCc2ccc(Br)cc2C1. The number of ether oxygens (including phenoxy) is 1. The van der Waals surface area contributed by atoms with E-state index in [-0.39, 0.29) is 12.0 Å². The molecule has 0 aliphatic carbocycles. The van der Waals surface area contributed by atoms with Gasteiger partial charge in [0.2, 0.25) is 0 Å². The molecule has 0 aromatic heterocycles. The molecule has 1 atom stereocenters. The Labute approximate surface area is 115 Å². The molecule has 18 heavy (non-hydrogen) atoms. The van der Waals surface area contributed by atoms with Gasteiger partial charge in [-0.05, 0) is 42.5 Å². The van der Waals surface area contributed by atoms with Crippen LogP contribution in [-0.4, -0.2) is 30.1 Å². The van der Waals surface area contributed by atoms with E-state index in [1.165, 1.54) is 11.1 Å². The van der Waals surface area contributed by atoms with Crippen LogP contribution in [0.1, 0.15) is 24.0 Å². The summed E-state index contributed by atoms with van der Waals surface area (Å²) >= 11 is 3.49. The van der Waals surface area contributed by atoms with Gasteiger partial charge >= 0.3 is 0 Å². The summed E-state index contributed by atoms with van der Waals surface area (Å²) < 4.78 is 6.56. The van der Waals surface area contributed by atoms with Crippen molar-refractivity contribution in [3.8, 4) is 0 Å². The minimum atomic E-state index is -0.196. The third kappa shape index (κ3) is 2.31. The molecule has 1 amide bonds. The molecule has 2 aliphatic heterocycles. The first-order valence-electron chi connectivity index (χ1n) is 6.42. The van der Waals surface area contributed by atoms with Crippen LogP contribution in [0.5, 0.6) is 0 Å². The zero-order valence-electron chi connectivity index (χ0n) is 10.2. The molecular formula is C14H16BrNO2. The highest BCUT2D eigenvalue weighted by molar-refractivity contribution is 9.10. The van der Waals surface area contributed by atoms with Gasteiger partial charge in [0.1, 0.15) is 6.10 Å². The van der Waals surface area contributed by atoms with E-state index in [9.17, 15) is 4.79 Å². The monoisotopic (exact) mass is 309 g/mol. The summed E-state index contributed by atoms with van der Waals surface area (Å²) in [5.41, 5.74) is 2.61. The Morgan fingerprint density at radius 3 is 3.06 bits per heavy atom. The molecule has 1 saturated heterocycles. The maximum absolute atomic E-state index is 12.3. The average Bonchev–Trinajstić information content (AvgIpc) is 2.90. The Hall–Kier alpha value is -0.870. The van der Waals surface area contributed by atoms with Crippen molar-refractivity contribution in [2.45, 2.75) is 31.9 Å². The third-order valence-corrected chi connectivity index (χ3v) is 4.19. The molecule has 3 nitrogen and oxygen atoms in total. The number of rotatable bonds is 1. The number of amides is 1. The first-order chi connectivity index (χ1) is 8.74. The lowest BCUT2D eigenvalue weighted by molar-refractivity contribution is -0.141. The van der Waals surface area contributed by atoms with E-state index in [1.807, 2.05) is 4.90 Å². The number of nitrogens with zero attached hydrogens (tertiary/aromatic N) is 1. The van der Waals surface area contributed by atoms with Gasteiger partial charge in [-0.25, -0.2) is 0 Å². The number of hydrogen-bond donors (Lipinski definition) is 0. The van der Waals surface area contributed by atoms with Crippen molar-refractivity contribution in [3.63, 3.8) is 0 Å². The molecule has 0 N–H and O–H groups in total.